The van der Waals surface area contributed by atoms with Gasteiger partial charge in [0, 0.05) is 31.2 Å². The van der Waals surface area contributed by atoms with Gasteiger partial charge in [0.1, 0.15) is 5.56 Å². The number of hydrogen-bond donors (Lipinski definition) is 1. The molecule has 3 aromatic heterocycles. The van der Waals surface area contributed by atoms with E-state index in [1.807, 2.05) is 13.8 Å². The lowest BCUT2D eigenvalue weighted by molar-refractivity contribution is 0.102. The first-order chi connectivity index (χ1) is 12.5. The van der Waals surface area contributed by atoms with E-state index in [9.17, 15) is 9.59 Å². The highest BCUT2D eigenvalue weighted by atomic mass is 16.2. The molecule has 1 amide bonds. The zero-order valence-electron chi connectivity index (χ0n) is 14.9. The summed E-state index contributed by atoms with van der Waals surface area (Å²) >= 11 is 0. The third kappa shape index (κ3) is 3.69. The monoisotopic (exact) mass is 352 g/mol. The summed E-state index contributed by atoms with van der Waals surface area (Å²) in [6, 6.07) is 3.43. The summed E-state index contributed by atoms with van der Waals surface area (Å²) in [7, 11) is 0. The number of aromatic nitrogens is 5. The molecule has 0 aliphatic rings. The minimum absolute atomic E-state index is 0.0959. The third-order valence-electron chi connectivity index (χ3n) is 3.97. The Hall–Kier alpha value is -3.29. The fourth-order valence-electron chi connectivity index (χ4n) is 2.52. The van der Waals surface area contributed by atoms with E-state index in [1.165, 1.54) is 4.57 Å². The molecule has 0 saturated heterocycles. The maximum absolute atomic E-state index is 12.8. The van der Waals surface area contributed by atoms with Crippen molar-refractivity contribution in [2.24, 2.45) is 0 Å². The molecule has 8 heteroatoms. The standard InChI is InChI=1S/C18H20N6O2/c1-4-24-8-6-15(22-24)21-17(25)16-12(2)5-7-23(18(16)26)11-14-10-19-13(3)9-20-14/h5-10H,4,11H2,1-3H3,(H,21,22,25). The number of carbonyl (C=O) groups is 1. The number of pyridine rings is 1. The topological polar surface area (TPSA) is 94.7 Å². The largest absolute Gasteiger partial charge is 0.309 e. The molecule has 0 unspecified atom stereocenters. The summed E-state index contributed by atoms with van der Waals surface area (Å²) in [4.78, 5) is 33.8. The molecule has 0 bridgehead atoms. The minimum atomic E-state index is -0.474. The Balaban J connectivity index is 1.87. The maximum Gasteiger partial charge on any atom is 0.264 e. The van der Waals surface area contributed by atoms with E-state index in [0.29, 0.717) is 23.6 Å². The Kier molecular flexibility index (Phi) is 4.92. The number of anilines is 1. The van der Waals surface area contributed by atoms with E-state index < -0.39 is 5.91 Å². The first-order valence-corrected chi connectivity index (χ1v) is 8.30. The van der Waals surface area contributed by atoms with Crippen molar-refractivity contribution in [1.82, 2.24) is 24.3 Å². The van der Waals surface area contributed by atoms with Crippen LogP contribution in [0.1, 0.15) is 34.2 Å². The fraction of sp³-hybridized carbons (Fsp3) is 0.278. The quantitative estimate of drug-likeness (QED) is 0.755. The molecule has 0 fully saturated rings. The van der Waals surface area contributed by atoms with Gasteiger partial charge in [0.25, 0.3) is 11.5 Å². The SMILES string of the molecule is CCn1ccc(NC(=O)c2c(C)ccn(Cc3cnc(C)cn3)c2=O)n1. The Bertz CT molecular complexity index is 988. The van der Waals surface area contributed by atoms with Crippen LogP contribution in [0.4, 0.5) is 5.82 Å². The molecule has 0 radical (unpaired) electrons. The van der Waals surface area contributed by atoms with Crippen molar-refractivity contribution in [3.63, 3.8) is 0 Å². The van der Waals surface area contributed by atoms with Crippen molar-refractivity contribution >= 4 is 11.7 Å². The van der Waals surface area contributed by atoms with Crippen molar-refractivity contribution in [1.29, 1.82) is 0 Å². The molecule has 1 N–H and O–H groups in total. The summed E-state index contributed by atoms with van der Waals surface area (Å²) in [6.45, 7) is 6.47. The van der Waals surface area contributed by atoms with Crippen LogP contribution in [0.15, 0.2) is 41.7 Å². The number of nitrogens with zero attached hydrogens (tertiary/aromatic N) is 5. The summed E-state index contributed by atoms with van der Waals surface area (Å²) in [6.07, 6.45) is 6.69. The highest BCUT2D eigenvalue weighted by Gasteiger charge is 2.17. The Morgan fingerprint density at radius 3 is 2.62 bits per heavy atom. The lowest BCUT2D eigenvalue weighted by Gasteiger charge is -2.10. The van der Waals surface area contributed by atoms with E-state index in [1.54, 1.807) is 48.5 Å². The fourth-order valence-corrected chi connectivity index (χ4v) is 2.52. The van der Waals surface area contributed by atoms with Crippen molar-refractivity contribution in [3.8, 4) is 0 Å². The van der Waals surface area contributed by atoms with Crippen LogP contribution in [0.5, 0.6) is 0 Å². The van der Waals surface area contributed by atoms with Crippen molar-refractivity contribution in [3.05, 3.63) is 69.8 Å². The molecule has 0 aliphatic heterocycles. The van der Waals surface area contributed by atoms with Gasteiger partial charge in [0.05, 0.1) is 24.1 Å². The molecule has 3 aromatic rings. The summed E-state index contributed by atoms with van der Waals surface area (Å²) in [5.74, 6) is -0.0614. The van der Waals surface area contributed by atoms with E-state index in [4.69, 9.17) is 0 Å². The molecule has 3 rings (SSSR count). The smallest absolute Gasteiger partial charge is 0.264 e. The van der Waals surface area contributed by atoms with Gasteiger partial charge in [-0.05, 0) is 32.4 Å². The van der Waals surface area contributed by atoms with Gasteiger partial charge in [0.2, 0.25) is 0 Å². The van der Waals surface area contributed by atoms with Gasteiger partial charge >= 0.3 is 0 Å². The van der Waals surface area contributed by atoms with Crippen LogP contribution >= 0.6 is 0 Å². The van der Waals surface area contributed by atoms with Gasteiger partial charge in [0.15, 0.2) is 5.82 Å². The maximum atomic E-state index is 12.8. The molecule has 0 atom stereocenters. The molecule has 0 aromatic carbocycles. The lowest BCUT2D eigenvalue weighted by Crippen LogP contribution is -2.30. The molecule has 26 heavy (non-hydrogen) atoms. The molecule has 8 nitrogen and oxygen atoms in total. The highest BCUT2D eigenvalue weighted by molar-refractivity contribution is 6.04. The first kappa shape index (κ1) is 17.5. The Labute approximate surface area is 150 Å². The van der Waals surface area contributed by atoms with Crippen molar-refractivity contribution in [2.45, 2.75) is 33.9 Å². The average Bonchev–Trinajstić information content (AvgIpc) is 3.07. The highest BCUT2D eigenvalue weighted by Crippen LogP contribution is 2.08. The predicted octanol–water partition coefficient (Wildman–Crippen LogP) is 1.77. The van der Waals surface area contributed by atoms with Crippen LogP contribution in [0.25, 0.3) is 0 Å². The zero-order chi connectivity index (χ0) is 18.7. The molecular weight excluding hydrogens is 332 g/mol. The molecule has 3 heterocycles. The number of rotatable bonds is 5. The minimum Gasteiger partial charge on any atom is -0.309 e. The van der Waals surface area contributed by atoms with Crippen LogP contribution in [0, 0.1) is 13.8 Å². The van der Waals surface area contributed by atoms with Crippen molar-refractivity contribution < 1.29 is 4.79 Å². The molecule has 0 saturated carbocycles. The number of carbonyl (C=O) groups excluding carboxylic acids is 1. The number of hydrogen-bond acceptors (Lipinski definition) is 5. The zero-order valence-corrected chi connectivity index (χ0v) is 14.9. The van der Waals surface area contributed by atoms with Gasteiger partial charge in [-0.15, -0.1) is 0 Å². The second-order valence-corrected chi connectivity index (χ2v) is 5.97. The van der Waals surface area contributed by atoms with E-state index in [0.717, 1.165) is 5.69 Å². The van der Waals surface area contributed by atoms with Gasteiger partial charge in [-0.2, -0.15) is 5.10 Å². The van der Waals surface area contributed by atoms with Crippen LogP contribution in [0.3, 0.4) is 0 Å². The van der Waals surface area contributed by atoms with Crippen LogP contribution in [-0.4, -0.2) is 30.2 Å². The van der Waals surface area contributed by atoms with E-state index in [-0.39, 0.29) is 17.7 Å². The van der Waals surface area contributed by atoms with Gasteiger partial charge in [-0.1, -0.05) is 0 Å². The summed E-state index contributed by atoms with van der Waals surface area (Å²) < 4.78 is 3.15. The molecule has 134 valence electrons. The lowest BCUT2D eigenvalue weighted by atomic mass is 10.1. The predicted molar refractivity (Wildman–Crippen MR) is 97.2 cm³/mol. The van der Waals surface area contributed by atoms with Crippen LogP contribution in [0.2, 0.25) is 0 Å². The van der Waals surface area contributed by atoms with Gasteiger partial charge < -0.3 is 9.88 Å². The van der Waals surface area contributed by atoms with Gasteiger partial charge in [-0.3, -0.25) is 24.2 Å². The van der Waals surface area contributed by atoms with E-state index in [2.05, 4.69) is 20.4 Å². The van der Waals surface area contributed by atoms with Gasteiger partial charge in [-0.25, -0.2) is 0 Å². The molecule has 0 aliphatic carbocycles. The number of amides is 1. The average molecular weight is 352 g/mol. The summed E-state index contributed by atoms with van der Waals surface area (Å²) in [5.41, 5.74) is 1.78. The Morgan fingerprint density at radius 1 is 1.15 bits per heavy atom. The number of aryl methyl sites for hydroxylation is 3. The molecular formula is C18H20N6O2. The third-order valence-corrected chi connectivity index (χ3v) is 3.97. The summed E-state index contributed by atoms with van der Waals surface area (Å²) in [5, 5.41) is 6.89. The second-order valence-electron chi connectivity index (χ2n) is 5.97. The normalized spacial score (nSPS) is 10.7. The second kappa shape index (κ2) is 7.30. The van der Waals surface area contributed by atoms with Crippen LogP contribution < -0.4 is 10.9 Å². The number of nitrogens with one attached hydrogen (secondary N) is 1. The van der Waals surface area contributed by atoms with E-state index >= 15 is 0 Å². The first-order valence-electron chi connectivity index (χ1n) is 8.30. The Morgan fingerprint density at radius 2 is 1.96 bits per heavy atom. The van der Waals surface area contributed by atoms with Crippen molar-refractivity contribution in [2.75, 3.05) is 5.32 Å². The van der Waals surface area contributed by atoms with Crippen LogP contribution in [-0.2, 0) is 13.1 Å². The molecule has 0 spiro atoms.